The minimum atomic E-state index is -0.336. The first-order valence-electron chi connectivity index (χ1n) is 12.3. The Labute approximate surface area is 224 Å². The van der Waals surface area contributed by atoms with Gasteiger partial charge in [0, 0.05) is 25.0 Å². The fourth-order valence-electron chi connectivity index (χ4n) is 5.10. The molecule has 3 aromatic rings. The number of amides is 1. The molecule has 0 spiro atoms. The fraction of sp³-hybridized carbons (Fsp3) is 0.321. The number of fused-ring (bicyclic) bond motifs is 1. The summed E-state index contributed by atoms with van der Waals surface area (Å²) in [7, 11) is 0. The van der Waals surface area contributed by atoms with Crippen LogP contribution in [0.5, 0.6) is 0 Å². The summed E-state index contributed by atoms with van der Waals surface area (Å²) >= 11 is 6.71. The van der Waals surface area contributed by atoms with Gasteiger partial charge in [0.15, 0.2) is 0 Å². The number of aryl methyl sites for hydroxylation is 1. The molecule has 9 heteroatoms. The van der Waals surface area contributed by atoms with E-state index in [0.717, 1.165) is 22.2 Å². The summed E-state index contributed by atoms with van der Waals surface area (Å²) in [4.78, 5) is 31.4. The predicted octanol–water partition coefficient (Wildman–Crippen LogP) is 5.18. The molecule has 1 aromatic heterocycles. The second kappa shape index (κ2) is 10.4. The highest BCUT2D eigenvalue weighted by Crippen LogP contribution is 2.37. The van der Waals surface area contributed by atoms with E-state index in [1.807, 2.05) is 45.0 Å². The summed E-state index contributed by atoms with van der Waals surface area (Å²) in [6, 6.07) is 13.9. The molecule has 5 rings (SSSR count). The largest absolute Gasteiger partial charge is 0.372 e. The average Bonchev–Trinajstić information content (AvgIpc) is 3.12. The Morgan fingerprint density at radius 3 is 2.43 bits per heavy atom. The Morgan fingerprint density at radius 1 is 1.08 bits per heavy atom. The molecule has 3 heterocycles. The van der Waals surface area contributed by atoms with E-state index in [1.54, 1.807) is 22.8 Å². The number of carbonyl (C=O) groups is 1. The van der Waals surface area contributed by atoms with E-state index in [2.05, 4.69) is 4.90 Å². The van der Waals surface area contributed by atoms with Crippen LogP contribution in [0.3, 0.4) is 0 Å². The van der Waals surface area contributed by atoms with Crippen molar-refractivity contribution in [3.05, 3.63) is 80.7 Å². The maximum Gasteiger partial charge on any atom is 0.266 e. The number of thioether (sulfide) groups is 1. The van der Waals surface area contributed by atoms with Crippen LogP contribution in [0.2, 0.25) is 0 Å². The van der Waals surface area contributed by atoms with Gasteiger partial charge in [-0.1, -0.05) is 54.3 Å². The highest BCUT2D eigenvalue weighted by molar-refractivity contribution is 8.26. The summed E-state index contributed by atoms with van der Waals surface area (Å²) < 4.78 is 21.5. The van der Waals surface area contributed by atoms with Gasteiger partial charge in [0.25, 0.3) is 11.5 Å². The van der Waals surface area contributed by atoms with Crippen molar-refractivity contribution in [2.45, 2.75) is 46.1 Å². The third kappa shape index (κ3) is 4.95. The lowest BCUT2D eigenvalue weighted by atomic mass is 10.0. The number of halogens is 1. The lowest BCUT2D eigenvalue weighted by Gasteiger charge is -2.38. The van der Waals surface area contributed by atoms with E-state index in [1.165, 1.54) is 28.8 Å². The molecule has 2 fully saturated rings. The predicted molar refractivity (Wildman–Crippen MR) is 151 cm³/mol. The normalized spacial score (nSPS) is 21.5. The minimum absolute atomic E-state index is 0.00196. The molecule has 2 saturated heterocycles. The number of hydrogen-bond donors (Lipinski definition) is 0. The van der Waals surface area contributed by atoms with E-state index in [9.17, 15) is 14.0 Å². The first-order valence-corrected chi connectivity index (χ1v) is 13.5. The molecule has 0 radical (unpaired) electrons. The smallest absolute Gasteiger partial charge is 0.266 e. The fourth-order valence-corrected chi connectivity index (χ4v) is 6.33. The summed E-state index contributed by atoms with van der Waals surface area (Å²) in [5.74, 6) is -0.596. The van der Waals surface area contributed by atoms with Gasteiger partial charge in [-0.2, -0.15) is 0 Å². The van der Waals surface area contributed by atoms with E-state index >= 15 is 0 Å². The van der Waals surface area contributed by atoms with Crippen molar-refractivity contribution in [2.24, 2.45) is 0 Å². The van der Waals surface area contributed by atoms with Crippen LogP contribution in [0.1, 0.15) is 31.9 Å². The van der Waals surface area contributed by atoms with Crippen molar-refractivity contribution in [3.63, 3.8) is 0 Å². The van der Waals surface area contributed by atoms with Crippen molar-refractivity contribution < 1.29 is 13.9 Å². The van der Waals surface area contributed by atoms with Gasteiger partial charge in [-0.05, 0) is 50.6 Å². The Bertz CT molecular complexity index is 1460. The molecule has 192 valence electrons. The number of para-hydroxylation sites is 1. The second-order valence-corrected chi connectivity index (χ2v) is 11.1. The van der Waals surface area contributed by atoms with Gasteiger partial charge in [-0.25, -0.2) is 4.39 Å². The topological polar surface area (TPSA) is 54.8 Å². The molecule has 6 nitrogen and oxygen atoms in total. The van der Waals surface area contributed by atoms with Crippen molar-refractivity contribution in [1.82, 2.24) is 9.47 Å². The number of carbonyl (C=O) groups excluding carboxylic acids is 1. The van der Waals surface area contributed by atoms with Crippen LogP contribution in [0.4, 0.5) is 10.1 Å². The molecule has 2 aliphatic rings. The van der Waals surface area contributed by atoms with Crippen LogP contribution in [-0.4, -0.2) is 45.0 Å². The number of thiocarbonyl (C=S) groups is 1. The van der Waals surface area contributed by atoms with Crippen LogP contribution in [0.15, 0.2) is 58.2 Å². The van der Waals surface area contributed by atoms with Crippen molar-refractivity contribution >= 4 is 56.9 Å². The molecule has 0 N–H and O–H groups in total. The van der Waals surface area contributed by atoms with E-state index < -0.39 is 0 Å². The number of anilines is 1. The lowest BCUT2D eigenvalue weighted by Crippen LogP contribution is -2.46. The molecule has 0 aliphatic carbocycles. The third-order valence-electron chi connectivity index (χ3n) is 6.64. The van der Waals surface area contributed by atoms with Crippen LogP contribution in [-0.2, 0) is 22.6 Å². The molecule has 2 aliphatic heterocycles. The molecular formula is C28H28FN3O3S2. The van der Waals surface area contributed by atoms with Gasteiger partial charge in [0.05, 0.1) is 40.4 Å². The van der Waals surface area contributed by atoms with Gasteiger partial charge in [0.2, 0.25) is 0 Å². The number of aromatic nitrogens is 1. The molecule has 37 heavy (non-hydrogen) atoms. The third-order valence-corrected chi connectivity index (χ3v) is 8.01. The van der Waals surface area contributed by atoms with Crippen LogP contribution >= 0.6 is 24.0 Å². The summed E-state index contributed by atoms with van der Waals surface area (Å²) in [6.07, 6.45) is 1.70. The molecule has 2 atom stereocenters. The van der Waals surface area contributed by atoms with Crippen LogP contribution < -0.4 is 10.5 Å². The monoisotopic (exact) mass is 537 g/mol. The molecule has 0 bridgehead atoms. The van der Waals surface area contributed by atoms with Gasteiger partial charge in [-0.15, -0.1) is 0 Å². The lowest BCUT2D eigenvalue weighted by molar-refractivity contribution is -0.122. The zero-order valence-electron chi connectivity index (χ0n) is 20.9. The number of morpholine rings is 1. The number of hydrogen-bond acceptors (Lipinski definition) is 6. The summed E-state index contributed by atoms with van der Waals surface area (Å²) in [5.41, 5.74) is 2.78. The van der Waals surface area contributed by atoms with Gasteiger partial charge in [0.1, 0.15) is 10.1 Å². The van der Waals surface area contributed by atoms with Crippen LogP contribution in [0, 0.1) is 5.82 Å². The first kappa shape index (κ1) is 25.6. The van der Waals surface area contributed by atoms with Crippen molar-refractivity contribution in [2.75, 3.05) is 18.0 Å². The summed E-state index contributed by atoms with van der Waals surface area (Å²) in [6.45, 7) is 8.01. The van der Waals surface area contributed by atoms with Gasteiger partial charge >= 0.3 is 0 Å². The number of rotatable bonds is 5. The highest BCUT2D eigenvalue weighted by Gasteiger charge is 2.34. The Morgan fingerprint density at radius 2 is 1.76 bits per heavy atom. The summed E-state index contributed by atoms with van der Waals surface area (Å²) in [5, 5.41) is 0.957. The van der Waals surface area contributed by atoms with E-state index in [4.69, 9.17) is 17.0 Å². The van der Waals surface area contributed by atoms with Gasteiger partial charge in [-0.3, -0.25) is 14.5 Å². The molecule has 2 aromatic carbocycles. The zero-order chi connectivity index (χ0) is 26.3. The number of nitrogens with zero attached hydrogens (tertiary/aromatic N) is 3. The van der Waals surface area contributed by atoms with Gasteiger partial charge < -0.3 is 14.2 Å². The molecule has 1 amide bonds. The van der Waals surface area contributed by atoms with Crippen molar-refractivity contribution in [3.8, 4) is 0 Å². The quantitative estimate of drug-likeness (QED) is 0.331. The van der Waals surface area contributed by atoms with E-state index in [0.29, 0.717) is 34.4 Å². The van der Waals surface area contributed by atoms with E-state index in [-0.39, 0.29) is 36.0 Å². The number of pyridine rings is 1. The van der Waals surface area contributed by atoms with Crippen LogP contribution in [0.25, 0.3) is 17.0 Å². The molecular weight excluding hydrogens is 509 g/mol. The maximum atomic E-state index is 13.9. The Balaban J connectivity index is 1.62. The Hall–Kier alpha value is -3.01. The first-order chi connectivity index (χ1) is 17.8. The average molecular weight is 538 g/mol. The highest BCUT2D eigenvalue weighted by atomic mass is 32.2. The SMILES string of the molecule is CCn1c(=O)c(C=C2SC(=S)N(Cc3ccc(F)cc3)C2=O)c(N2CC(C)OC(C)C2)c2ccccc21. The Kier molecular flexibility index (Phi) is 7.20. The standard InChI is InChI=1S/C28H28FN3O3S2/c1-4-31-23-8-6-5-7-21(23)25(30-14-17(2)35-18(3)15-30)22(26(31)33)13-24-27(34)32(28(36)37-24)16-19-9-11-20(29)12-10-19/h5-13,17-18H,4,14-16H2,1-3H3. The minimum Gasteiger partial charge on any atom is -0.372 e. The molecule has 2 unspecified atom stereocenters. The maximum absolute atomic E-state index is 13.9. The second-order valence-electron chi connectivity index (χ2n) is 9.39. The molecule has 0 saturated carbocycles. The zero-order valence-corrected chi connectivity index (χ0v) is 22.6. The van der Waals surface area contributed by atoms with Crippen molar-refractivity contribution in [1.29, 1.82) is 0 Å². The number of ether oxygens (including phenoxy) is 1. The number of benzene rings is 2.